The van der Waals surface area contributed by atoms with Gasteiger partial charge in [0.15, 0.2) is 5.78 Å². The van der Waals surface area contributed by atoms with Crippen molar-refractivity contribution in [2.24, 2.45) is 7.05 Å². The zero-order valence-electron chi connectivity index (χ0n) is 17.9. The van der Waals surface area contributed by atoms with Crippen molar-refractivity contribution in [1.29, 1.82) is 0 Å². The number of amides is 1. The number of ether oxygens (including phenoxy) is 2. The summed E-state index contributed by atoms with van der Waals surface area (Å²) in [6.45, 7) is 4.46. The molecule has 1 fully saturated rings. The number of benzene rings is 1. The lowest BCUT2D eigenvalue weighted by atomic mass is 10.0. The number of ketones is 1. The second kappa shape index (κ2) is 9.26. The summed E-state index contributed by atoms with van der Waals surface area (Å²) in [4.78, 5) is 40.1. The molecule has 7 nitrogen and oxygen atoms in total. The number of esters is 1. The summed E-state index contributed by atoms with van der Waals surface area (Å²) >= 11 is 0. The normalized spacial score (nSPS) is 15.8. The Hall–Kier alpha value is -2.93. The average Bonchev–Trinajstić information content (AvgIpc) is 3.33. The quantitative estimate of drug-likeness (QED) is 0.516. The van der Waals surface area contributed by atoms with Crippen LogP contribution in [0.15, 0.2) is 30.3 Å². The van der Waals surface area contributed by atoms with Crippen molar-refractivity contribution >= 4 is 17.7 Å². The molecule has 1 atom stereocenters. The molecule has 1 aromatic heterocycles. The van der Waals surface area contributed by atoms with Crippen LogP contribution >= 0.6 is 0 Å². The molecule has 3 rings (SSSR count). The fourth-order valence-corrected chi connectivity index (χ4v) is 4.04. The minimum absolute atomic E-state index is 0.0749. The predicted molar refractivity (Wildman–Crippen MR) is 112 cm³/mol. The molecule has 2 aromatic rings. The van der Waals surface area contributed by atoms with Crippen LogP contribution in [-0.2, 0) is 16.5 Å². The number of carbonyl (C=O) groups excluding carboxylic acids is 3. The van der Waals surface area contributed by atoms with Gasteiger partial charge < -0.3 is 18.9 Å². The first kappa shape index (κ1) is 21.8. The highest BCUT2D eigenvalue weighted by Gasteiger charge is 2.29. The Morgan fingerprint density at radius 1 is 1.20 bits per heavy atom. The van der Waals surface area contributed by atoms with Gasteiger partial charge in [0, 0.05) is 37.0 Å². The molecule has 0 spiro atoms. The number of hydrogen-bond acceptors (Lipinski definition) is 5. The van der Waals surface area contributed by atoms with Gasteiger partial charge in [0.05, 0.1) is 19.8 Å². The smallest absolute Gasteiger partial charge is 0.354 e. The van der Waals surface area contributed by atoms with Crippen LogP contribution in [0.4, 0.5) is 0 Å². The third-order valence-electron chi connectivity index (χ3n) is 5.68. The summed E-state index contributed by atoms with van der Waals surface area (Å²) in [5.41, 5.74) is 2.56. The molecule has 7 heteroatoms. The highest BCUT2D eigenvalue weighted by Crippen LogP contribution is 2.23. The third-order valence-corrected chi connectivity index (χ3v) is 5.68. The molecule has 1 aromatic carbocycles. The van der Waals surface area contributed by atoms with E-state index >= 15 is 0 Å². The van der Waals surface area contributed by atoms with E-state index in [1.54, 1.807) is 54.6 Å². The molecule has 0 radical (unpaired) electrons. The maximum atomic E-state index is 13.3. The van der Waals surface area contributed by atoms with E-state index in [9.17, 15) is 14.4 Å². The van der Waals surface area contributed by atoms with Crippen molar-refractivity contribution < 1.29 is 23.9 Å². The number of nitrogens with zero attached hydrogens (tertiary/aromatic N) is 2. The van der Waals surface area contributed by atoms with E-state index in [1.807, 2.05) is 6.07 Å². The number of hydrogen-bond donors (Lipinski definition) is 0. The lowest BCUT2D eigenvalue weighted by Crippen LogP contribution is -2.41. The van der Waals surface area contributed by atoms with Crippen LogP contribution in [0.25, 0.3) is 0 Å². The second-order valence-electron chi connectivity index (χ2n) is 7.59. The van der Waals surface area contributed by atoms with E-state index in [0.717, 1.165) is 12.8 Å². The van der Waals surface area contributed by atoms with Crippen molar-refractivity contribution in [2.75, 3.05) is 26.8 Å². The Morgan fingerprint density at radius 2 is 1.90 bits per heavy atom. The molecule has 160 valence electrons. The Bertz CT molecular complexity index is 942. The van der Waals surface area contributed by atoms with Gasteiger partial charge in [0.2, 0.25) is 0 Å². The van der Waals surface area contributed by atoms with Crippen LogP contribution in [0, 0.1) is 13.8 Å². The van der Waals surface area contributed by atoms with Gasteiger partial charge in [-0.2, -0.15) is 0 Å². The van der Waals surface area contributed by atoms with Crippen molar-refractivity contribution in [3.8, 4) is 0 Å². The maximum absolute atomic E-state index is 13.3. The second-order valence-corrected chi connectivity index (χ2v) is 7.59. The maximum Gasteiger partial charge on any atom is 0.354 e. The molecule has 0 unspecified atom stereocenters. The first-order valence-corrected chi connectivity index (χ1v) is 10.1. The minimum Gasteiger partial charge on any atom is -0.464 e. The monoisotopic (exact) mass is 412 g/mol. The predicted octanol–water partition coefficient (Wildman–Crippen LogP) is 2.93. The SMILES string of the molecule is COC(=O)c1c(C)c(C(=O)CN(C[C@H]2CCCO2)C(=O)c2ccccc2)c(C)n1C. The van der Waals surface area contributed by atoms with E-state index in [-0.39, 0.29) is 24.3 Å². The number of aromatic nitrogens is 1. The molecule has 0 bridgehead atoms. The standard InChI is InChI=1S/C23H28N2O5/c1-15-20(16(2)24(3)21(15)23(28)29-4)19(26)14-25(13-18-11-8-12-30-18)22(27)17-9-6-5-7-10-17/h5-7,9-10,18H,8,11-14H2,1-4H3/t18-/m1/s1. The fourth-order valence-electron chi connectivity index (χ4n) is 4.04. The zero-order valence-corrected chi connectivity index (χ0v) is 17.9. The van der Waals surface area contributed by atoms with Gasteiger partial charge >= 0.3 is 5.97 Å². The van der Waals surface area contributed by atoms with Gasteiger partial charge in [0.1, 0.15) is 5.69 Å². The first-order chi connectivity index (χ1) is 14.3. The molecule has 1 aliphatic rings. The highest BCUT2D eigenvalue weighted by molar-refractivity contribution is 6.06. The Balaban J connectivity index is 1.89. The van der Waals surface area contributed by atoms with E-state index in [1.165, 1.54) is 7.11 Å². The van der Waals surface area contributed by atoms with Gasteiger partial charge in [-0.25, -0.2) is 4.79 Å². The molecule has 1 amide bonds. The molecular weight excluding hydrogens is 384 g/mol. The van der Waals surface area contributed by atoms with Gasteiger partial charge in [-0.1, -0.05) is 18.2 Å². The van der Waals surface area contributed by atoms with Crippen LogP contribution in [-0.4, -0.2) is 60.0 Å². The average molecular weight is 412 g/mol. The van der Waals surface area contributed by atoms with Crippen LogP contribution in [0.1, 0.15) is 55.3 Å². The summed E-state index contributed by atoms with van der Waals surface area (Å²) in [5, 5.41) is 0. The number of Topliss-reactive ketones (excluding diaryl/α,β-unsaturated/α-hetero) is 1. The van der Waals surface area contributed by atoms with Gasteiger partial charge in [0.25, 0.3) is 5.91 Å². The summed E-state index contributed by atoms with van der Waals surface area (Å²) in [6, 6.07) is 8.92. The largest absolute Gasteiger partial charge is 0.464 e. The van der Waals surface area contributed by atoms with Gasteiger partial charge in [-0.05, 0) is 44.4 Å². The van der Waals surface area contributed by atoms with Crippen molar-refractivity contribution in [1.82, 2.24) is 9.47 Å². The third kappa shape index (κ3) is 4.31. The number of carbonyl (C=O) groups is 3. The summed E-state index contributed by atoms with van der Waals surface area (Å²) in [7, 11) is 3.04. The molecule has 0 N–H and O–H groups in total. The van der Waals surface area contributed by atoms with E-state index in [2.05, 4.69) is 0 Å². The van der Waals surface area contributed by atoms with Crippen LogP contribution in [0.3, 0.4) is 0 Å². The minimum atomic E-state index is -0.492. The van der Waals surface area contributed by atoms with E-state index in [4.69, 9.17) is 9.47 Å². The molecular formula is C23H28N2O5. The first-order valence-electron chi connectivity index (χ1n) is 10.1. The Morgan fingerprint density at radius 3 is 2.50 bits per heavy atom. The van der Waals surface area contributed by atoms with Crippen LogP contribution < -0.4 is 0 Å². The molecule has 0 saturated carbocycles. The van der Waals surface area contributed by atoms with Gasteiger partial charge in [-0.3, -0.25) is 9.59 Å². The lowest BCUT2D eigenvalue weighted by molar-refractivity contribution is 0.0506. The van der Waals surface area contributed by atoms with E-state index < -0.39 is 5.97 Å². The van der Waals surface area contributed by atoms with Gasteiger partial charge in [-0.15, -0.1) is 0 Å². The Labute approximate surface area is 176 Å². The zero-order chi connectivity index (χ0) is 21.8. The molecule has 0 aliphatic carbocycles. The highest BCUT2D eigenvalue weighted by atomic mass is 16.5. The van der Waals surface area contributed by atoms with Crippen molar-refractivity contribution in [3.63, 3.8) is 0 Å². The van der Waals surface area contributed by atoms with Crippen molar-refractivity contribution in [2.45, 2.75) is 32.8 Å². The van der Waals surface area contributed by atoms with Crippen molar-refractivity contribution in [3.05, 3.63) is 58.4 Å². The van der Waals surface area contributed by atoms with Crippen LogP contribution in [0.2, 0.25) is 0 Å². The molecule has 1 aliphatic heterocycles. The summed E-state index contributed by atoms with van der Waals surface area (Å²) in [5.74, 6) is -0.911. The lowest BCUT2D eigenvalue weighted by Gasteiger charge is -2.25. The summed E-state index contributed by atoms with van der Waals surface area (Å²) < 4.78 is 12.2. The molecule has 30 heavy (non-hydrogen) atoms. The fraction of sp³-hybridized carbons (Fsp3) is 0.435. The molecule has 1 saturated heterocycles. The number of methoxy groups -OCH3 is 1. The van der Waals surface area contributed by atoms with E-state index in [0.29, 0.717) is 41.2 Å². The topological polar surface area (TPSA) is 77.8 Å². The number of rotatable bonds is 7. The van der Waals surface area contributed by atoms with Crippen LogP contribution in [0.5, 0.6) is 0 Å². The summed E-state index contributed by atoms with van der Waals surface area (Å²) in [6.07, 6.45) is 1.74. The molecule has 2 heterocycles. The Kier molecular flexibility index (Phi) is 6.72.